The number of aromatic nitrogens is 5. The fourth-order valence-electron chi connectivity index (χ4n) is 3.28. The van der Waals surface area contributed by atoms with Gasteiger partial charge in [-0.2, -0.15) is 0 Å². The van der Waals surface area contributed by atoms with Crippen LogP contribution in [0.25, 0.3) is 11.4 Å². The quantitative estimate of drug-likeness (QED) is 0.724. The van der Waals surface area contributed by atoms with Crippen molar-refractivity contribution in [1.29, 1.82) is 0 Å². The predicted molar refractivity (Wildman–Crippen MR) is 97.7 cm³/mol. The van der Waals surface area contributed by atoms with Crippen LogP contribution >= 0.6 is 0 Å². The zero-order valence-corrected chi connectivity index (χ0v) is 15.2. The Kier molecular flexibility index (Phi) is 5.07. The lowest BCUT2D eigenvalue weighted by atomic mass is 10.1. The van der Waals surface area contributed by atoms with Gasteiger partial charge in [0.05, 0.1) is 17.4 Å². The van der Waals surface area contributed by atoms with Gasteiger partial charge in [-0.1, -0.05) is 0 Å². The molecule has 0 radical (unpaired) electrons. The van der Waals surface area contributed by atoms with Crippen molar-refractivity contribution in [3.05, 3.63) is 70.4 Å². The molecule has 0 saturated carbocycles. The minimum Gasteiger partial charge on any atom is -0.341 e. The molecule has 1 aliphatic rings. The molecule has 1 aliphatic heterocycles. The maximum Gasteiger partial charge on any atom is 0.273 e. The highest BCUT2D eigenvalue weighted by Gasteiger charge is 2.26. The second-order valence-corrected chi connectivity index (χ2v) is 6.56. The second kappa shape index (κ2) is 7.82. The summed E-state index contributed by atoms with van der Waals surface area (Å²) in [6, 6.07) is 3.17. The molecule has 0 fully saturated rings. The summed E-state index contributed by atoms with van der Waals surface area (Å²) in [4.78, 5) is 41.3. The van der Waals surface area contributed by atoms with E-state index in [1.54, 1.807) is 6.07 Å². The number of nitrogens with zero attached hydrogens (tertiary/aromatic N) is 5. The van der Waals surface area contributed by atoms with Gasteiger partial charge in [0.15, 0.2) is 17.3 Å². The number of hydrogen-bond acceptors (Lipinski definition) is 6. The van der Waals surface area contributed by atoms with Gasteiger partial charge in [-0.3, -0.25) is 14.2 Å². The highest BCUT2D eigenvalue weighted by Crippen LogP contribution is 2.24. The Hall–Kier alpha value is -3.56. The number of carbonyl (C=O) groups is 1. The average molecular weight is 398 g/mol. The number of nitrogens with one attached hydrogen (secondary N) is 1. The van der Waals surface area contributed by atoms with Crippen LogP contribution < -0.4 is 10.9 Å². The van der Waals surface area contributed by atoms with Gasteiger partial charge < -0.3 is 5.32 Å². The Morgan fingerprint density at radius 1 is 1.14 bits per heavy atom. The molecule has 1 amide bonds. The van der Waals surface area contributed by atoms with Crippen molar-refractivity contribution in [3.63, 3.8) is 0 Å². The molecule has 3 aromatic rings. The summed E-state index contributed by atoms with van der Waals surface area (Å²) in [6.07, 6.45) is 5.83. The SMILES string of the molecule is O=C(N[C@H]1CCCCn2c1nc(-c1ccncn1)cc2=O)c1nccc(F)c1F. The molecular formula is C19H16F2N6O2. The zero-order valence-electron chi connectivity index (χ0n) is 15.2. The molecule has 0 unspecified atom stereocenters. The highest BCUT2D eigenvalue weighted by atomic mass is 19.2. The molecule has 1 N–H and O–H groups in total. The van der Waals surface area contributed by atoms with Crippen LogP contribution in [0.15, 0.2) is 41.7 Å². The molecule has 4 rings (SSSR count). The lowest BCUT2D eigenvalue weighted by Gasteiger charge is -2.19. The van der Waals surface area contributed by atoms with Crippen LogP contribution in [-0.2, 0) is 6.54 Å². The second-order valence-electron chi connectivity index (χ2n) is 6.56. The van der Waals surface area contributed by atoms with Gasteiger partial charge in [0.1, 0.15) is 12.2 Å². The van der Waals surface area contributed by atoms with Crippen LogP contribution in [0.4, 0.5) is 8.78 Å². The van der Waals surface area contributed by atoms with E-state index >= 15 is 0 Å². The first-order chi connectivity index (χ1) is 14.0. The fourth-order valence-corrected chi connectivity index (χ4v) is 3.28. The average Bonchev–Trinajstić information content (AvgIpc) is 2.93. The van der Waals surface area contributed by atoms with Gasteiger partial charge in [0.2, 0.25) is 0 Å². The van der Waals surface area contributed by atoms with Crippen molar-refractivity contribution in [1.82, 2.24) is 29.8 Å². The molecule has 148 valence electrons. The molecule has 10 heteroatoms. The molecule has 29 heavy (non-hydrogen) atoms. The minimum atomic E-state index is -1.32. The van der Waals surface area contributed by atoms with Crippen molar-refractivity contribution < 1.29 is 13.6 Å². The molecule has 0 aliphatic carbocycles. The number of hydrogen-bond donors (Lipinski definition) is 1. The first-order valence-electron chi connectivity index (χ1n) is 9.03. The Morgan fingerprint density at radius 2 is 2.00 bits per heavy atom. The molecule has 3 aromatic heterocycles. The van der Waals surface area contributed by atoms with E-state index in [1.165, 1.54) is 23.2 Å². The summed E-state index contributed by atoms with van der Waals surface area (Å²) in [6.45, 7) is 0.449. The van der Waals surface area contributed by atoms with E-state index in [0.717, 1.165) is 25.1 Å². The molecule has 0 saturated heterocycles. The molecule has 8 nitrogen and oxygen atoms in total. The Bertz CT molecular complexity index is 1120. The molecule has 1 atom stereocenters. The smallest absolute Gasteiger partial charge is 0.273 e. The van der Waals surface area contributed by atoms with Gasteiger partial charge in [0, 0.05) is 25.0 Å². The number of amides is 1. The Morgan fingerprint density at radius 3 is 2.79 bits per heavy atom. The van der Waals surface area contributed by atoms with E-state index in [-0.39, 0.29) is 5.56 Å². The van der Waals surface area contributed by atoms with E-state index < -0.39 is 29.3 Å². The normalized spacial score (nSPS) is 16.0. The number of carbonyl (C=O) groups excluding carboxylic acids is 1. The molecule has 0 aromatic carbocycles. The van der Waals surface area contributed by atoms with Crippen LogP contribution in [0.2, 0.25) is 0 Å². The summed E-state index contributed by atoms with van der Waals surface area (Å²) in [5.74, 6) is -3.01. The largest absolute Gasteiger partial charge is 0.341 e. The lowest BCUT2D eigenvalue weighted by Crippen LogP contribution is -2.34. The number of pyridine rings is 1. The Labute approximate surface area is 163 Å². The van der Waals surface area contributed by atoms with Gasteiger partial charge in [-0.15, -0.1) is 0 Å². The minimum absolute atomic E-state index is 0.278. The summed E-state index contributed by atoms with van der Waals surface area (Å²) in [5.41, 5.74) is -0.109. The third-order valence-electron chi connectivity index (χ3n) is 4.68. The summed E-state index contributed by atoms with van der Waals surface area (Å²) >= 11 is 0. The zero-order chi connectivity index (χ0) is 20.4. The summed E-state index contributed by atoms with van der Waals surface area (Å²) in [5, 5.41) is 2.64. The maximum atomic E-state index is 13.9. The van der Waals surface area contributed by atoms with Crippen molar-refractivity contribution in [2.45, 2.75) is 31.8 Å². The van der Waals surface area contributed by atoms with E-state index in [0.29, 0.717) is 30.2 Å². The van der Waals surface area contributed by atoms with Crippen molar-refractivity contribution >= 4 is 5.91 Å². The van der Waals surface area contributed by atoms with Crippen LogP contribution in [0.5, 0.6) is 0 Å². The van der Waals surface area contributed by atoms with Crippen LogP contribution in [0.1, 0.15) is 41.6 Å². The highest BCUT2D eigenvalue weighted by molar-refractivity contribution is 5.92. The third kappa shape index (κ3) is 3.73. The molecule has 0 spiro atoms. The maximum absolute atomic E-state index is 13.9. The van der Waals surface area contributed by atoms with Crippen molar-refractivity contribution in [2.75, 3.05) is 0 Å². The molecule has 4 heterocycles. The molecule has 0 bridgehead atoms. The van der Waals surface area contributed by atoms with E-state index in [9.17, 15) is 18.4 Å². The fraction of sp³-hybridized carbons (Fsp3) is 0.263. The Balaban J connectivity index is 1.73. The van der Waals surface area contributed by atoms with E-state index in [2.05, 4.69) is 25.3 Å². The molecular weight excluding hydrogens is 382 g/mol. The van der Waals surface area contributed by atoms with Gasteiger partial charge in [-0.25, -0.2) is 28.7 Å². The van der Waals surface area contributed by atoms with E-state index in [4.69, 9.17) is 0 Å². The monoisotopic (exact) mass is 398 g/mol. The van der Waals surface area contributed by atoms with Gasteiger partial charge in [0.25, 0.3) is 11.5 Å². The van der Waals surface area contributed by atoms with Crippen LogP contribution in [0.3, 0.4) is 0 Å². The predicted octanol–water partition coefficient (Wildman–Crippen LogP) is 2.03. The third-order valence-corrected chi connectivity index (χ3v) is 4.68. The standard InChI is InChI=1S/C19H16F2N6O2/c20-11-4-7-23-17(16(11)21)19(29)26-13-3-1-2-8-27-15(28)9-14(25-18(13)27)12-5-6-22-10-24-12/h4-7,9-10,13H,1-3,8H2,(H,26,29)/t13-/m0/s1. The van der Waals surface area contributed by atoms with Gasteiger partial charge >= 0.3 is 0 Å². The topological polar surface area (TPSA) is 103 Å². The number of fused-ring (bicyclic) bond motifs is 1. The van der Waals surface area contributed by atoms with Crippen LogP contribution in [0, 0.1) is 11.6 Å². The van der Waals surface area contributed by atoms with E-state index in [1.807, 2.05) is 0 Å². The van der Waals surface area contributed by atoms with Crippen molar-refractivity contribution in [2.24, 2.45) is 0 Å². The first-order valence-corrected chi connectivity index (χ1v) is 9.03. The van der Waals surface area contributed by atoms with Crippen LogP contribution in [-0.4, -0.2) is 30.4 Å². The lowest BCUT2D eigenvalue weighted by molar-refractivity contribution is 0.0921. The number of halogens is 2. The summed E-state index contributed by atoms with van der Waals surface area (Å²) < 4.78 is 28.9. The van der Waals surface area contributed by atoms with Crippen molar-refractivity contribution in [3.8, 4) is 11.4 Å². The first kappa shape index (κ1) is 18.8. The summed E-state index contributed by atoms with van der Waals surface area (Å²) in [7, 11) is 0. The van der Waals surface area contributed by atoms with Gasteiger partial charge in [-0.05, 0) is 31.4 Å². The number of rotatable bonds is 3.